The Labute approximate surface area is 195 Å². The molecule has 0 aromatic heterocycles. The molecular weight excluding hydrogens is 426 g/mol. The summed E-state index contributed by atoms with van der Waals surface area (Å²) in [6.45, 7) is 6.95. The van der Waals surface area contributed by atoms with Gasteiger partial charge in [-0.3, -0.25) is 4.79 Å². The van der Waals surface area contributed by atoms with Crippen molar-refractivity contribution in [3.63, 3.8) is 0 Å². The lowest BCUT2D eigenvalue weighted by Crippen LogP contribution is -2.55. The van der Waals surface area contributed by atoms with Crippen LogP contribution >= 0.6 is 11.6 Å². The first-order valence-corrected chi connectivity index (χ1v) is 12.7. The van der Waals surface area contributed by atoms with E-state index in [1.165, 1.54) is 19.3 Å². The van der Waals surface area contributed by atoms with E-state index in [-0.39, 0.29) is 41.0 Å². The van der Waals surface area contributed by atoms with Crippen molar-refractivity contribution in [3.05, 3.63) is 34.9 Å². The molecule has 0 bridgehead atoms. The van der Waals surface area contributed by atoms with Gasteiger partial charge in [-0.2, -0.15) is 0 Å². The average molecular weight is 460 g/mol. The van der Waals surface area contributed by atoms with Gasteiger partial charge in [0.1, 0.15) is 11.7 Å². The van der Waals surface area contributed by atoms with Gasteiger partial charge < -0.3 is 19.5 Å². The molecule has 6 rings (SSSR count). The molecule has 3 saturated heterocycles. The molecule has 1 N–H and O–H groups in total. The van der Waals surface area contributed by atoms with Gasteiger partial charge in [0.2, 0.25) is 0 Å². The molecule has 1 aromatic rings. The van der Waals surface area contributed by atoms with E-state index in [0.717, 1.165) is 25.1 Å². The number of esters is 1. The molecular formula is C26H34ClNO4. The van der Waals surface area contributed by atoms with E-state index in [2.05, 4.69) is 18.7 Å². The maximum atomic E-state index is 13.0. The van der Waals surface area contributed by atoms with Crippen molar-refractivity contribution >= 4 is 17.6 Å². The van der Waals surface area contributed by atoms with Crippen LogP contribution in [0.15, 0.2) is 24.3 Å². The highest BCUT2D eigenvalue weighted by Crippen LogP contribution is 2.70. The lowest BCUT2D eigenvalue weighted by molar-refractivity contribution is -0.147. The zero-order valence-electron chi connectivity index (χ0n) is 19.1. The van der Waals surface area contributed by atoms with Gasteiger partial charge in [0.15, 0.2) is 0 Å². The van der Waals surface area contributed by atoms with E-state index >= 15 is 0 Å². The smallest absolute Gasteiger partial charge is 0.311 e. The summed E-state index contributed by atoms with van der Waals surface area (Å²) in [7, 11) is 0. The van der Waals surface area contributed by atoms with Crippen LogP contribution in [0.5, 0.6) is 0 Å². The molecule has 5 aliphatic rings. The number of piperidine rings is 1. The predicted octanol–water partition coefficient (Wildman–Crippen LogP) is 4.15. The molecule has 7 atom stereocenters. The van der Waals surface area contributed by atoms with Crippen molar-refractivity contribution in [3.8, 4) is 0 Å². The first kappa shape index (κ1) is 21.4. The molecule has 3 unspecified atom stereocenters. The zero-order valence-corrected chi connectivity index (χ0v) is 19.8. The van der Waals surface area contributed by atoms with Gasteiger partial charge in [-0.05, 0) is 55.7 Å². The summed E-state index contributed by atoms with van der Waals surface area (Å²) in [5, 5.41) is 11.9. The molecule has 3 aliphatic heterocycles. The van der Waals surface area contributed by atoms with Crippen LogP contribution in [-0.2, 0) is 19.9 Å². The van der Waals surface area contributed by atoms with Gasteiger partial charge in [-0.1, -0.05) is 44.0 Å². The standard InChI is InChI=1S/C26H34ClNO4/c1-16-4-3-9-24(2)14-20-21(22-26(16,24)32-22)19(23(29)31-20)15-28-12-10-25(30,11-13-28)17-5-7-18(27)8-6-17/h5-8,16,19-22,30H,3-4,9-15H2,1-2H3/t16-,19?,20+,21+,22?,24+,26?/m0/s1. The van der Waals surface area contributed by atoms with Crippen LogP contribution in [0.25, 0.3) is 0 Å². The molecule has 1 aromatic carbocycles. The van der Waals surface area contributed by atoms with Gasteiger partial charge in [-0.15, -0.1) is 0 Å². The lowest BCUT2D eigenvalue weighted by Gasteiger charge is -2.49. The second-order valence-corrected chi connectivity index (χ2v) is 11.8. The van der Waals surface area contributed by atoms with Crippen LogP contribution in [0, 0.1) is 23.2 Å². The number of epoxide rings is 1. The number of benzene rings is 1. The van der Waals surface area contributed by atoms with Gasteiger partial charge in [0.05, 0.1) is 17.6 Å². The molecule has 174 valence electrons. The Morgan fingerprint density at radius 2 is 1.91 bits per heavy atom. The Morgan fingerprint density at radius 3 is 2.62 bits per heavy atom. The maximum Gasteiger partial charge on any atom is 0.311 e. The van der Waals surface area contributed by atoms with E-state index in [1.54, 1.807) is 0 Å². The molecule has 2 saturated carbocycles. The normalized spacial score (nSPS) is 44.9. The summed E-state index contributed by atoms with van der Waals surface area (Å²) >= 11 is 6.01. The van der Waals surface area contributed by atoms with Crippen molar-refractivity contribution in [1.29, 1.82) is 0 Å². The van der Waals surface area contributed by atoms with Crippen molar-refractivity contribution < 1.29 is 19.4 Å². The van der Waals surface area contributed by atoms with Gasteiger partial charge in [0.25, 0.3) is 0 Å². The Bertz CT molecular complexity index is 913. The van der Waals surface area contributed by atoms with E-state index in [1.807, 2.05) is 24.3 Å². The minimum atomic E-state index is -0.826. The Kier molecular flexibility index (Phi) is 4.80. The second-order valence-electron chi connectivity index (χ2n) is 11.4. The number of halogens is 1. The summed E-state index contributed by atoms with van der Waals surface area (Å²) in [5.41, 5.74) is 0.183. The van der Waals surface area contributed by atoms with Crippen molar-refractivity contribution in [2.24, 2.45) is 23.2 Å². The molecule has 5 fully saturated rings. The van der Waals surface area contributed by atoms with E-state index in [9.17, 15) is 9.90 Å². The van der Waals surface area contributed by atoms with Crippen molar-refractivity contribution in [2.45, 2.75) is 75.8 Å². The molecule has 5 nitrogen and oxygen atoms in total. The first-order chi connectivity index (χ1) is 15.3. The van der Waals surface area contributed by atoms with Crippen molar-refractivity contribution in [1.82, 2.24) is 4.90 Å². The number of nitrogens with zero attached hydrogens (tertiary/aromatic N) is 1. The second kappa shape index (κ2) is 7.18. The molecule has 1 spiro atoms. The fourth-order valence-electron chi connectivity index (χ4n) is 7.88. The number of likely N-dealkylation sites (tertiary alicyclic amines) is 1. The SMILES string of the molecule is C[C@H]1CCC[C@]2(C)C[C@H]3OC(=O)C(CN4CCC(O)(c5ccc(Cl)cc5)CC4)[C@H]3C3OC312. The highest BCUT2D eigenvalue weighted by molar-refractivity contribution is 6.30. The summed E-state index contributed by atoms with van der Waals surface area (Å²) in [6.07, 6.45) is 6.05. The monoisotopic (exact) mass is 459 g/mol. The average Bonchev–Trinajstić information content (AvgIpc) is 3.44. The Hall–Kier alpha value is -1.14. The number of rotatable bonds is 3. The van der Waals surface area contributed by atoms with Crippen LogP contribution in [0.1, 0.15) is 57.9 Å². The molecule has 6 heteroatoms. The van der Waals surface area contributed by atoms with Crippen LogP contribution in [0.2, 0.25) is 5.02 Å². The van der Waals surface area contributed by atoms with Crippen LogP contribution in [0.4, 0.5) is 0 Å². The summed E-state index contributed by atoms with van der Waals surface area (Å²) in [5.74, 6) is 0.560. The third-order valence-corrected chi connectivity index (χ3v) is 9.97. The third-order valence-electron chi connectivity index (χ3n) is 9.71. The van der Waals surface area contributed by atoms with E-state index < -0.39 is 5.60 Å². The summed E-state index contributed by atoms with van der Waals surface area (Å²) in [4.78, 5) is 15.3. The molecule has 0 radical (unpaired) electrons. The lowest BCUT2D eigenvalue weighted by atomic mass is 9.53. The number of aliphatic hydroxyl groups is 1. The van der Waals surface area contributed by atoms with E-state index in [4.69, 9.17) is 21.1 Å². The number of hydrogen-bond donors (Lipinski definition) is 1. The molecule has 0 amide bonds. The highest BCUT2D eigenvalue weighted by atomic mass is 35.5. The first-order valence-electron chi connectivity index (χ1n) is 12.3. The summed E-state index contributed by atoms with van der Waals surface area (Å²) < 4.78 is 12.5. The number of carbonyl (C=O) groups is 1. The van der Waals surface area contributed by atoms with Gasteiger partial charge in [-0.25, -0.2) is 0 Å². The summed E-state index contributed by atoms with van der Waals surface area (Å²) in [6, 6.07) is 7.52. The Morgan fingerprint density at radius 1 is 1.19 bits per heavy atom. The minimum Gasteiger partial charge on any atom is -0.462 e. The molecule has 3 heterocycles. The van der Waals surface area contributed by atoms with Crippen LogP contribution in [-0.4, -0.2) is 53.4 Å². The Balaban J connectivity index is 1.15. The number of hydrogen-bond acceptors (Lipinski definition) is 5. The highest BCUT2D eigenvalue weighted by Gasteiger charge is 2.78. The van der Waals surface area contributed by atoms with Crippen LogP contribution < -0.4 is 0 Å². The molecule has 2 aliphatic carbocycles. The predicted molar refractivity (Wildman–Crippen MR) is 121 cm³/mol. The zero-order chi connectivity index (χ0) is 22.3. The minimum absolute atomic E-state index is 0.000727. The van der Waals surface area contributed by atoms with Crippen LogP contribution in [0.3, 0.4) is 0 Å². The number of fused-ring (bicyclic) bond motifs is 2. The van der Waals surface area contributed by atoms with Crippen molar-refractivity contribution in [2.75, 3.05) is 19.6 Å². The third kappa shape index (κ3) is 2.97. The van der Waals surface area contributed by atoms with Gasteiger partial charge >= 0.3 is 5.97 Å². The molecule has 32 heavy (non-hydrogen) atoms. The topological polar surface area (TPSA) is 62.3 Å². The van der Waals surface area contributed by atoms with Gasteiger partial charge in [0, 0.05) is 36.0 Å². The fourth-order valence-corrected chi connectivity index (χ4v) is 8.00. The maximum absolute atomic E-state index is 13.0. The largest absolute Gasteiger partial charge is 0.462 e. The fraction of sp³-hybridized carbons (Fsp3) is 0.731. The van der Waals surface area contributed by atoms with E-state index in [0.29, 0.717) is 30.3 Å². The quantitative estimate of drug-likeness (QED) is 0.543. The number of carbonyl (C=O) groups excluding carboxylic acids is 1. The number of ether oxygens (including phenoxy) is 2.